The van der Waals surface area contributed by atoms with E-state index in [1.807, 2.05) is 0 Å². The molecule has 2 aromatic rings. The van der Waals surface area contributed by atoms with Crippen LogP contribution in [0.15, 0.2) is 36.5 Å². The fraction of sp³-hybridized carbons (Fsp3) is 0.263. The maximum absolute atomic E-state index is 12.1. The number of fused-ring (bicyclic) bond motifs is 1. The summed E-state index contributed by atoms with van der Waals surface area (Å²) < 4.78 is 10.5. The van der Waals surface area contributed by atoms with Gasteiger partial charge in [-0.1, -0.05) is 11.6 Å². The van der Waals surface area contributed by atoms with Crippen molar-refractivity contribution in [1.29, 1.82) is 0 Å². The van der Waals surface area contributed by atoms with Gasteiger partial charge >= 0.3 is 5.97 Å². The Kier molecular flexibility index (Phi) is 6.10. The Balaban J connectivity index is 1.49. The smallest absolute Gasteiger partial charge is 0.344 e. The number of halogens is 1. The molecule has 146 valence electrons. The normalized spacial score (nSPS) is 13.7. The molecule has 1 atom stereocenters. The average molecular weight is 404 g/mol. The monoisotopic (exact) mass is 403 g/mol. The van der Waals surface area contributed by atoms with Gasteiger partial charge in [0.15, 0.2) is 17.9 Å². The van der Waals surface area contributed by atoms with Crippen molar-refractivity contribution < 1.29 is 23.9 Å². The lowest BCUT2D eigenvalue weighted by atomic mass is 10.0. The second-order valence-corrected chi connectivity index (χ2v) is 6.48. The number of ether oxygens (including phenoxy) is 2. The highest BCUT2D eigenvalue weighted by Crippen LogP contribution is 2.26. The van der Waals surface area contributed by atoms with Gasteiger partial charge in [-0.15, -0.1) is 0 Å². The lowest BCUT2D eigenvalue weighted by Gasteiger charge is -2.18. The first-order chi connectivity index (χ1) is 13.4. The molecule has 0 spiro atoms. The third kappa shape index (κ3) is 4.98. The lowest BCUT2D eigenvalue weighted by Crippen LogP contribution is -2.31. The number of aromatic nitrogens is 1. The quantitative estimate of drug-likeness (QED) is 0.567. The fourth-order valence-corrected chi connectivity index (χ4v) is 2.76. The third-order valence-corrected chi connectivity index (χ3v) is 4.32. The molecule has 0 saturated heterocycles. The summed E-state index contributed by atoms with van der Waals surface area (Å²) in [4.78, 5) is 39.3. The van der Waals surface area contributed by atoms with Crippen LogP contribution in [0.25, 0.3) is 0 Å². The number of rotatable bonds is 6. The van der Waals surface area contributed by atoms with E-state index in [2.05, 4.69) is 15.6 Å². The minimum Gasteiger partial charge on any atom is -0.482 e. The molecule has 2 N–H and O–H groups in total. The first-order valence-corrected chi connectivity index (χ1v) is 8.96. The van der Waals surface area contributed by atoms with Gasteiger partial charge in [-0.2, -0.15) is 0 Å². The number of hydrogen-bond donors (Lipinski definition) is 2. The molecule has 3 rings (SSSR count). The Hall–Kier alpha value is -3.13. The molecule has 8 nitrogen and oxygen atoms in total. The number of aryl methyl sites for hydroxylation is 1. The molecule has 1 aromatic carbocycles. The molecule has 0 radical (unpaired) electrons. The van der Waals surface area contributed by atoms with Gasteiger partial charge in [-0.05, 0) is 49.2 Å². The Morgan fingerprint density at radius 1 is 1.32 bits per heavy atom. The summed E-state index contributed by atoms with van der Waals surface area (Å²) in [5.74, 6) is -0.769. The molecule has 2 amide bonds. The van der Waals surface area contributed by atoms with Crippen LogP contribution in [0.1, 0.15) is 18.9 Å². The summed E-state index contributed by atoms with van der Waals surface area (Å²) in [7, 11) is 0. The van der Waals surface area contributed by atoms with Crippen LogP contribution in [0.3, 0.4) is 0 Å². The van der Waals surface area contributed by atoms with E-state index in [1.54, 1.807) is 30.3 Å². The second-order valence-electron chi connectivity index (χ2n) is 6.12. The summed E-state index contributed by atoms with van der Waals surface area (Å²) in [5, 5.41) is 5.45. The summed E-state index contributed by atoms with van der Waals surface area (Å²) in [6.45, 7) is 1.09. The summed E-state index contributed by atoms with van der Waals surface area (Å²) in [5.41, 5.74) is 2.01. The second kappa shape index (κ2) is 8.71. The Morgan fingerprint density at radius 2 is 2.14 bits per heavy atom. The van der Waals surface area contributed by atoms with Crippen molar-refractivity contribution in [2.45, 2.75) is 25.9 Å². The Morgan fingerprint density at radius 3 is 2.93 bits per heavy atom. The first kappa shape index (κ1) is 19.6. The van der Waals surface area contributed by atoms with Crippen molar-refractivity contribution in [2.24, 2.45) is 0 Å². The number of pyridine rings is 1. The molecule has 0 bridgehead atoms. The van der Waals surface area contributed by atoms with E-state index in [9.17, 15) is 14.4 Å². The average Bonchev–Trinajstić information content (AvgIpc) is 2.68. The zero-order valence-electron chi connectivity index (χ0n) is 15.0. The number of benzene rings is 1. The SMILES string of the molecule is CC(OC(=O)COc1ccc2c(c1)CCC(=O)N2)C(=O)Nc1cccnc1Cl. The number of hydrogen-bond acceptors (Lipinski definition) is 6. The molecular weight excluding hydrogens is 386 g/mol. The molecule has 2 heterocycles. The highest BCUT2D eigenvalue weighted by atomic mass is 35.5. The number of carbonyl (C=O) groups is 3. The predicted molar refractivity (Wildman–Crippen MR) is 102 cm³/mol. The highest BCUT2D eigenvalue weighted by molar-refractivity contribution is 6.32. The topological polar surface area (TPSA) is 107 Å². The van der Waals surface area contributed by atoms with Gasteiger partial charge in [-0.25, -0.2) is 9.78 Å². The number of nitrogens with zero attached hydrogens (tertiary/aromatic N) is 1. The van der Waals surface area contributed by atoms with Gasteiger partial charge in [0.05, 0.1) is 5.69 Å². The number of amides is 2. The van der Waals surface area contributed by atoms with Gasteiger partial charge in [0.2, 0.25) is 5.91 Å². The Labute approximate surface area is 166 Å². The molecule has 1 aliphatic heterocycles. The highest BCUT2D eigenvalue weighted by Gasteiger charge is 2.20. The van der Waals surface area contributed by atoms with Crippen LogP contribution in [0.5, 0.6) is 5.75 Å². The van der Waals surface area contributed by atoms with Crippen LogP contribution in [-0.4, -0.2) is 35.5 Å². The van der Waals surface area contributed by atoms with Gasteiger partial charge in [0, 0.05) is 18.3 Å². The molecule has 0 aliphatic carbocycles. The minimum atomic E-state index is -1.04. The Bertz CT molecular complexity index is 918. The van der Waals surface area contributed by atoms with Crippen molar-refractivity contribution in [3.05, 3.63) is 47.2 Å². The van der Waals surface area contributed by atoms with Crippen molar-refractivity contribution in [3.63, 3.8) is 0 Å². The van der Waals surface area contributed by atoms with Crippen molar-refractivity contribution in [3.8, 4) is 5.75 Å². The van der Waals surface area contributed by atoms with Gasteiger partial charge in [-0.3, -0.25) is 9.59 Å². The van der Waals surface area contributed by atoms with Crippen LogP contribution >= 0.6 is 11.6 Å². The van der Waals surface area contributed by atoms with Gasteiger partial charge in [0.1, 0.15) is 5.75 Å². The number of nitrogens with one attached hydrogen (secondary N) is 2. The van der Waals surface area contributed by atoms with E-state index in [0.717, 1.165) is 11.3 Å². The van der Waals surface area contributed by atoms with Gasteiger partial charge in [0.25, 0.3) is 5.91 Å². The maximum Gasteiger partial charge on any atom is 0.344 e. The van der Waals surface area contributed by atoms with E-state index < -0.39 is 18.0 Å². The zero-order valence-corrected chi connectivity index (χ0v) is 15.8. The van der Waals surface area contributed by atoms with Crippen molar-refractivity contribution >= 4 is 40.8 Å². The fourth-order valence-electron chi connectivity index (χ4n) is 2.59. The van der Waals surface area contributed by atoms with Gasteiger partial charge < -0.3 is 20.1 Å². The standard InChI is InChI=1S/C19H18ClN3O5/c1-11(19(26)23-15-3-2-8-21-18(15)20)28-17(25)10-27-13-5-6-14-12(9-13)4-7-16(24)22-14/h2-3,5-6,8-9,11H,4,7,10H2,1H3,(H,22,24)(H,23,26). The van der Waals surface area contributed by atoms with E-state index in [0.29, 0.717) is 24.3 Å². The summed E-state index contributed by atoms with van der Waals surface area (Å²) in [6.07, 6.45) is 1.47. The van der Waals surface area contributed by atoms with E-state index >= 15 is 0 Å². The largest absolute Gasteiger partial charge is 0.482 e. The van der Waals surface area contributed by atoms with E-state index in [1.165, 1.54) is 13.1 Å². The summed E-state index contributed by atoms with van der Waals surface area (Å²) >= 11 is 5.88. The molecule has 1 aromatic heterocycles. The van der Waals surface area contributed by atoms with Crippen LogP contribution in [0, 0.1) is 0 Å². The van der Waals surface area contributed by atoms with E-state index in [4.69, 9.17) is 21.1 Å². The van der Waals surface area contributed by atoms with Crippen molar-refractivity contribution in [2.75, 3.05) is 17.2 Å². The van der Waals surface area contributed by atoms with Crippen LogP contribution in [0.4, 0.5) is 11.4 Å². The number of carbonyl (C=O) groups excluding carboxylic acids is 3. The molecule has 9 heteroatoms. The van der Waals surface area contributed by atoms with Crippen LogP contribution < -0.4 is 15.4 Å². The molecule has 0 saturated carbocycles. The molecule has 28 heavy (non-hydrogen) atoms. The van der Waals surface area contributed by atoms with Crippen molar-refractivity contribution in [1.82, 2.24) is 4.98 Å². The maximum atomic E-state index is 12.1. The minimum absolute atomic E-state index is 0.0235. The number of esters is 1. The third-order valence-electron chi connectivity index (χ3n) is 4.02. The van der Waals surface area contributed by atoms with Crippen LogP contribution in [-0.2, 0) is 25.5 Å². The first-order valence-electron chi connectivity index (χ1n) is 8.59. The van der Waals surface area contributed by atoms with E-state index in [-0.39, 0.29) is 17.7 Å². The molecule has 0 fully saturated rings. The zero-order chi connectivity index (χ0) is 20.1. The molecular formula is C19H18ClN3O5. The summed E-state index contributed by atoms with van der Waals surface area (Å²) in [6, 6.07) is 8.35. The van der Waals surface area contributed by atoms with Crippen LogP contribution in [0.2, 0.25) is 5.15 Å². The lowest BCUT2D eigenvalue weighted by molar-refractivity contribution is -0.155. The number of anilines is 2. The predicted octanol–water partition coefficient (Wildman–Crippen LogP) is 2.57. The molecule has 1 unspecified atom stereocenters. The molecule has 1 aliphatic rings.